The molecule has 2 aromatic rings. The van der Waals surface area contributed by atoms with Crippen LogP contribution in [0.2, 0.25) is 0 Å². The number of carbonyl (C=O) groups excluding carboxylic acids is 1. The summed E-state index contributed by atoms with van der Waals surface area (Å²) in [5.41, 5.74) is 2.41. The van der Waals surface area contributed by atoms with Crippen LogP contribution in [0.3, 0.4) is 0 Å². The normalized spacial score (nSPS) is 11.4. The van der Waals surface area contributed by atoms with Crippen molar-refractivity contribution in [2.75, 3.05) is 21.3 Å². The van der Waals surface area contributed by atoms with Crippen molar-refractivity contribution in [2.24, 2.45) is 4.99 Å². The summed E-state index contributed by atoms with van der Waals surface area (Å²) in [5, 5.41) is 9.58. The fraction of sp³-hybridized carbons (Fsp3) is 0.421. The molecule has 0 unspecified atom stereocenters. The molecule has 0 saturated heterocycles. The third-order valence-electron chi connectivity index (χ3n) is 3.92. The van der Waals surface area contributed by atoms with Gasteiger partial charge in [0, 0.05) is 19.0 Å². The van der Waals surface area contributed by atoms with Gasteiger partial charge in [0.2, 0.25) is 0 Å². The molecule has 0 aliphatic rings. The second-order valence-electron chi connectivity index (χ2n) is 6.13. The molecule has 8 heteroatoms. The summed E-state index contributed by atoms with van der Waals surface area (Å²) in [4.78, 5) is 20.7. The van der Waals surface area contributed by atoms with Crippen molar-refractivity contribution in [3.8, 4) is 5.75 Å². The number of hydrogen-bond donors (Lipinski definition) is 2. The molecule has 0 aliphatic heterocycles. The number of nitrogens with one attached hydrogen (secondary N) is 2. The third kappa shape index (κ3) is 5.68. The number of aromatic nitrogens is 1. The van der Waals surface area contributed by atoms with E-state index in [-0.39, 0.29) is 0 Å². The number of ether oxygens (including phenoxy) is 2. The van der Waals surface area contributed by atoms with E-state index in [4.69, 9.17) is 9.47 Å². The van der Waals surface area contributed by atoms with E-state index in [1.54, 1.807) is 30.5 Å². The fourth-order valence-corrected chi connectivity index (χ4v) is 3.27. The lowest BCUT2D eigenvalue weighted by atomic mass is 10.1. The largest absolute Gasteiger partial charge is 0.496 e. The summed E-state index contributed by atoms with van der Waals surface area (Å²) in [6.45, 7) is 5.37. The Morgan fingerprint density at radius 3 is 2.59 bits per heavy atom. The summed E-state index contributed by atoms with van der Waals surface area (Å²) in [6.07, 6.45) is 0. The molecule has 1 aromatic carbocycles. The smallest absolute Gasteiger partial charge is 0.341 e. The highest BCUT2D eigenvalue weighted by Crippen LogP contribution is 2.21. The van der Waals surface area contributed by atoms with E-state index in [0.29, 0.717) is 36.3 Å². The van der Waals surface area contributed by atoms with Gasteiger partial charge in [-0.15, -0.1) is 11.3 Å². The highest BCUT2D eigenvalue weighted by Gasteiger charge is 2.13. The minimum atomic E-state index is -0.430. The van der Waals surface area contributed by atoms with Crippen LogP contribution in [0.15, 0.2) is 28.6 Å². The van der Waals surface area contributed by atoms with Crippen LogP contribution in [0, 0.1) is 0 Å². The molecule has 0 aliphatic carbocycles. The number of aliphatic imine (C=N–C) groups is 1. The highest BCUT2D eigenvalue weighted by atomic mass is 32.1. The van der Waals surface area contributed by atoms with E-state index in [0.717, 1.165) is 16.3 Å². The zero-order valence-corrected chi connectivity index (χ0v) is 17.1. The molecule has 2 N–H and O–H groups in total. The second-order valence-corrected chi connectivity index (χ2v) is 7.07. The Morgan fingerprint density at radius 2 is 2.00 bits per heavy atom. The van der Waals surface area contributed by atoms with Crippen LogP contribution >= 0.6 is 11.3 Å². The van der Waals surface area contributed by atoms with Gasteiger partial charge in [0.25, 0.3) is 0 Å². The maximum Gasteiger partial charge on any atom is 0.341 e. The number of nitrogens with zero attached hydrogens (tertiary/aromatic N) is 2. The molecule has 0 spiro atoms. The maximum atomic E-state index is 11.9. The monoisotopic (exact) mass is 390 g/mol. The van der Waals surface area contributed by atoms with Crippen molar-refractivity contribution in [2.45, 2.75) is 32.9 Å². The third-order valence-corrected chi connectivity index (χ3v) is 4.79. The molecule has 0 fully saturated rings. The summed E-state index contributed by atoms with van der Waals surface area (Å²) < 4.78 is 10.0. The molecular formula is C19H26N4O3S. The number of guanidine groups is 1. The van der Waals surface area contributed by atoms with Crippen LogP contribution in [-0.4, -0.2) is 38.2 Å². The molecule has 0 saturated carbocycles. The maximum absolute atomic E-state index is 11.9. The molecule has 0 amide bonds. The fourth-order valence-electron chi connectivity index (χ4n) is 2.37. The van der Waals surface area contributed by atoms with Crippen LogP contribution in [0.25, 0.3) is 0 Å². The molecule has 0 atom stereocenters. The topological polar surface area (TPSA) is 84.8 Å². The molecule has 7 nitrogen and oxygen atoms in total. The molecule has 0 bridgehead atoms. The molecule has 0 radical (unpaired) electrons. The predicted molar refractivity (Wildman–Crippen MR) is 108 cm³/mol. The first kappa shape index (κ1) is 20.7. The van der Waals surface area contributed by atoms with E-state index in [1.165, 1.54) is 14.2 Å². The first-order chi connectivity index (χ1) is 13.0. The van der Waals surface area contributed by atoms with Crippen LogP contribution in [-0.2, 0) is 17.8 Å². The van der Waals surface area contributed by atoms with Crippen molar-refractivity contribution in [3.63, 3.8) is 0 Å². The summed E-state index contributed by atoms with van der Waals surface area (Å²) in [5.74, 6) is 1.14. The van der Waals surface area contributed by atoms with Gasteiger partial charge in [-0.1, -0.05) is 19.9 Å². The van der Waals surface area contributed by atoms with Crippen molar-refractivity contribution < 1.29 is 14.3 Å². The van der Waals surface area contributed by atoms with Crippen molar-refractivity contribution in [1.29, 1.82) is 0 Å². The number of hydrogen-bond acceptors (Lipinski definition) is 6. The van der Waals surface area contributed by atoms with E-state index in [1.807, 2.05) is 6.07 Å². The van der Waals surface area contributed by atoms with Gasteiger partial charge in [0.05, 0.1) is 26.5 Å². The van der Waals surface area contributed by atoms with Gasteiger partial charge >= 0.3 is 5.97 Å². The van der Waals surface area contributed by atoms with Gasteiger partial charge in [-0.3, -0.25) is 4.99 Å². The average Bonchev–Trinajstić information content (AvgIpc) is 3.16. The van der Waals surface area contributed by atoms with Gasteiger partial charge < -0.3 is 20.1 Å². The Balaban J connectivity index is 1.96. The lowest BCUT2D eigenvalue weighted by Crippen LogP contribution is -2.36. The first-order valence-electron chi connectivity index (χ1n) is 8.62. The van der Waals surface area contributed by atoms with Gasteiger partial charge in [-0.25, -0.2) is 9.78 Å². The summed E-state index contributed by atoms with van der Waals surface area (Å²) in [7, 11) is 4.58. The Bertz CT molecular complexity index is 802. The van der Waals surface area contributed by atoms with E-state index >= 15 is 0 Å². The van der Waals surface area contributed by atoms with E-state index in [2.05, 4.69) is 39.8 Å². The van der Waals surface area contributed by atoms with Crippen molar-refractivity contribution in [3.05, 3.63) is 45.4 Å². The Labute approximate surface area is 163 Å². The van der Waals surface area contributed by atoms with Crippen LogP contribution in [0.1, 0.15) is 46.4 Å². The zero-order valence-electron chi connectivity index (χ0n) is 16.3. The standard InChI is InChI=1S/C19H26N4O3S/c1-12(2)15-11-27-17(23-15)10-22-19(20-3)21-9-13-6-7-16(25-4)14(8-13)18(24)26-5/h6-8,11-12H,9-10H2,1-5H3,(H2,20,21,22). The molecule has 27 heavy (non-hydrogen) atoms. The second kappa shape index (κ2) is 9.91. The van der Waals surface area contributed by atoms with E-state index < -0.39 is 5.97 Å². The minimum absolute atomic E-state index is 0.395. The number of thiazole rings is 1. The predicted octanol–water partition coefficient (Wildman–Crippen LogP) is 2.93. The minimum Gasteiger partial charge on any atom is -0.496 e. The molecule has 1 heterocycles. The molecular weight excluding hydrogens is 364 g/mol. The quantitative estimate of drug-likeness (QED) is 0.430. The zero-order chi connectivity index (χ0) is 19.8. The Morgan fingerprint density at radius 1 is 1.26 bits per heavy atom. The van der Waals surface area contributed by atoms with Gasteiger partial charge in [-0.05, 0) is 23.6 Å². The van der Waals surface area contributed by atoms with Gasteiger partial charge in [0.1, 0.15) is 16.3 Å². The van der Waals surface area contributed by atoms with Crippen molar-refractivity contribution in [1.82, 2.24) is 15.6 Å². The first-order valence-corrected chi connectivity index (χ1v) is 9.50. The lowest BCUT2D eigenvalue weighted by molar-refractivity contribution is 0.0597. The number of benzene rings is 1. The molecule has 2 rings (SSSR count). The Hall–Kier alpha value is -2.61. The Kier molecular flexibility index (Phi) is 7.60. The molecule has 1 aromatic heterocycles. The summed E-state index contributed by atoms with van der Waals surface area (Å²) in [6, 6.07) is 5.39. The van der Waals surface area contributed by atoms with Gasteiger partial charge in [-0.2, -0.15) is 0 Å². The van der Waals surface area contributed by atoms with Crippen molar-refractivity contribution >= 4 is 23.3 Å². The lowest BCUT2D eigenvalue weighted by Gasteiger charge is -2.13. The average molecular weight is 391 g/mol. The van der Waals surface area contributed by atoms with Crippen LogP contribution in [0.4, 0.5) is 0 Å². The SMILES string of the molecule is CN=C(NCc1ccc(OC)c(C(=O)OC)c1)NCc1nc(C(C)C)cs1. The number of carbonyl (C=O) groups is 1. The number of methoxy groups -OCH3 is 2. The number of esters is 1. The highest BCUT2D eigenvalue weighted by molar-refractivity contribution is 7.09. The van der Waals surface area contributed by atoms with E-state index in [9.17, 15) is 4.79 Å². The van der Waals surface area contributed by atoms with Gasteiger partial charge in [0.15, 0.2) is 5.96 Å². The molecule has 146 valence electrons. The summed E-state index contributed by atoms with van der Waals surface area (Å²) >= 11 is 1.63. The van der Waals surface area contributed by atoms with Crippen LogP contribution < -0.4 is 15.4 Å². The number of rotatable bonds is 7. The van der Waals surface area contributed by atoms with Crippen LogP contribution in [0.5, 0.6) is 5.75 Å².